The second kappa shape index (κ2) is 7.11. The molecule has 2 aromatic rings. The van der Waals surface area contributed by atoms with Crippen molar-refractivity contribution in [3.8, 4) is 0 Å². The normalized spacial score (nSPS) is 11.8. The zero-order valence-electron chi connectivity index (χ0n) is 11.6. The molecule has 0 aromatic heterocycles. The fourth-order valence-electron chi connectivity index (χ4n) is 1.88. The third-order valence-electron chi connectivity index (χ3n) is 2.79. The summed E-state index contributed by atoms with van der Waals surface area (Å²) in [5, 5.41) is 15.8. The summed E-state index contributed by atoms with van der Waals surface area (Å²) in [7, 11) is 0. The van der Waals surface area contributed by atoms with E-state index in [1.807, 2.05) is 30.3 Å². The highest BCUT2D eigenvalue weighted by Gasteiger charge is 2.10. The van der Waals surface area contributed by atoms with E-state index in [4.69, 9.17) is 11.6 Å². The van der Waals surface area contributed by atoms with E-state index in [2.05, 4.69) is 10.6 Å². The van der Waals surface area contributed by atoms with Crippen molar-refractivity contribution >= 4 is 34.6 Å². The number of carbonyl (C=O) groups is 1. The van der Waals surface area contributed by atoms with Gasteiger partial charge >= 0.3 is 0 Å². The molecule has 110 valence electrons. The van der Waals surface area contributed by atoms with Crippen LogP contribution in [0.4, 0.5) is 17.1 Å². The van der Waals surface area contributed by atoms with Crippen LogP contribution >= 0.6 is 11.6 Å². The molecular weight excluding hydrogens is 288 g/mol. The SMILES string of the molecule is CC(O)CC(=O)Nc1ccc(Cl)cc1Nc1ccccc1. The number of hydrogen-bond donors (Lipinski definition) is 3. The van der Waals surface area contributed by atoms with E-state index < -0.39 is 6.10 Å². The quantitative estimate of drug-likeness (QED) is 0.787. The van der Waals surface area contributed by atoms with Crippen LogP contribution < -0.4 is 10.6 Å². The van der Waals surface area contributed by atoms with Gasteiger partial charge in [-0.1, -0.05) is 29.8 Å². The molecular formula is C16H17ClN2O2. The van der Waals surface area contributed by atoms with E-state index in [0.717, 1.165) is 5.69 Å². The number of rotatable bonds is 5. The van der Waals surface area contributed by atoms with Gasteiger partial charge in [-0.15, -0.1) is 0 Å². The number of amides is 1. The molecule has 0 aliphatic heterocycles. The van der Waals surface area contributed by atoms with Crippen LogP contribution in [-0.4, -0.2) is 17.1 Å². The van der Waals surface area contributed by atoms with Gasteiger partial charge in [0.2, 0.25) is 5.91 Å². The molecule has 0 spiro atoms. The van der Waals surface area contributed by atoms with Crippen LogP contribution in [0.3, 0.4) is 0 Å². The number of aliphatic hydroxyl groups is 1. The monoisotopic (exact) mass is 304 g/mol. The maximum atomic E-state index is 11.8. The summed E-state index contributed by atoms with van der Waals surface area (Å²) in [6.07, 6.45) is -0.629. The predicted molar refractivity (Wildman–Crippen MR) is 86.1 cm³/mol. The van der Waals surface area contributed by atoms with Crippen molar-refractivity contribution in [3.05, 3.63) is 53.6 Å². The first kappa shape index (κ1) is 15.4. The van der Waals surface area contributed by atoms with E-state index in [1.165, 1.54) is 0 Å². The van der Waals surface area contributed by atoms with Crippen LogP contribution in [0.2, 0.25) is 5.02 Å². The van der Waals surface area contributed by atoms with E-state index in [-0.39, 0.29) is 12.3 Å². The molecule has 5 heteroatoms. The molecule has 0 saturated carbocycles. The van der Waals surface area contributed by atoms with Crippen molar-refractivity contribution in [3.63, 3.8) is 0 Å². The average molecular weight is 305 g/mol. The summed E-state index contributed by atoms with van der Waals surface area (Å²) >= 11 is 6.01. The Morgan fingerprint density at radius 1 is 1.19 bits per heavy atom. The molecule has 0 heterocycles. The smallest absolute Gasteiger partial charge is 0.227 e. The van der Waals surface area contributed by atoms with Crippen LogP contribution in [0.25, 0.3) is 0 Å². The lowest BCUT2D eigenvalue weighted by Gasteiger charge is -2.14. The number of nitrogens with one attached hydrogen (secondary N) is 2. The summed E-state index contributed by atoms with van der Waals surface area (Å²) < 4.78 is 0. The minimum atomic E-state index is -0.678. The average Bonchev–Trinajstić information content (AvgIpc) is 2.42. The zero-order chi connectivity index (χ0) is 15.2. The minimum Gasteiger partial charge on any atom is -0.393 e. The van der Waals surface area contributed by atoms with Crippen LogP contribution in [0, 0.1) is 0 Å². The van der Waals surface area contributed by atoms with Crippen molar-refractivity contribution in [1.29, 1.82) is 0 Å². The van der Waals surface area contributed by atoms with E-state index in [1.54, 1.807) is 25.1 Å². The Morgan fingerprint density at radius 3 is 2.57 bits per heavy atom. The van der Waals surface area contributed by atoms with Crippen LogP contribution in [0.5, 0.6) is 0 Å². The van der Waals surface area contributed by atoms with E-state index in [9.17, 15) is 9.90 Å². The van der Waals surface area contributed by atoms with Crippen LogP contribution in [0.1, 0.15) is 13.3 Å². The van der Waals surface area contributed by atoms with Crippen molar-refractivity contribution < 1.29 is 9.90 Å². The highest BCUT2D eigenvalue weighted by molar-refractivity contribution is 6.31. The van der Waals surface area contributed by atoms with Crippen molar-refractivity contribution in [2.45, 2.75) is 19.4 Å². The number of hydrogen-bond acceptors (Lipinski definition) is 3. The number of aliphatic hydroxyl groups excluding tert-OH is 1. The molecule has 4 nitrogen and oxygen atoms in total. The topological polar surface area (TPSA) is 61.4 Å². The van der Waals surface area contributed by atoms with E-state index >= 15 is 0 Å². The van der Waals surface area contributed by atoms with Gasteiger partial charge in [0.1, 0.15) is 0 Å². The number of anilines is 3. The molecule has 3 N–H and O–H groups in total. The Morgan fingerprint density at radius 2 is 1.90 bits per heavy atom. The Kier molecular flexibility index (Phi) is 5.20. The van der Waals surface area contributed by atoms with E-state index in [0.29, 0.717) is 16.4 Å². The largest absolute Gasteiger partial charge is 0.393 e. The van der Waals surface area contributed by atoms with Gasteiger partial charge in [-0.05, 0) is 37.3 Å². The standard InChI is InChI=1S/C16H17ClN2O2/c1-11(20)9-16(21)19-14-8-7-12(17)10-15(14)18-13-5-3-2-4-6-13/h2-8,10-11,18,20H,9H2,1H3,(H,19,21). The van der Waals surface area contributed by atoms with Crippen molar-refractivity contribution in [2.75, 3.05) is 10.6 Å². The molecule has 1 atom stereocenters. The zero-order valence-corrected chi connectivity index (χ0v) is 12.4. The molecule has 0 bridgehead atoms. The molecule has 1 unspecified atom stereocenters. The maximum absolute atomic E-state index is 11.8. The molecule has 0 fully saturated rings. The lowest BCUT2D eigenvalue weighted by molar-refractivity contribution is -0.117. The Balaban J connectivity index is 2.19. The van der Waals surface area contributed by atoms with Crippen LogP contribution in [-0.2, 0) is 4.79 Å². The second-order valence-electron chi connectivity index (χ2n) is 4.78. The van der Waals surface area contributed by atoms with Crippen molar-refractivity contribution in [1.82, 2.24) is 0 Å². The Hall–Kier alpha value is -2.04. The number of benzene rings is 2. The first-order valence-corrected chi connectivity index (χ1v) is 7.02. The molecule has 0 aliphatic carbocycles. The fraction of sp³-hybridized carbons (Fsp3) is 0.188. The number of halogens is 1. The molecule has 2 aromatic carbocycles. The van der Waals surface area contributed by atoms with Crippen molar-refractivity contribution in [2.24, 2.45) is 0 Å². The summed E-state index contributed by atoms with van der Waals surface area (Å²) in [4.78, 5) is 11.8. The number of para-hydroxylation sites is 1. The van der Waals surface area contributed by atoms with Gasteiger partial charge in [0.05, 0.1) is 23.9 Å². The van der Waals surface area contributed by atoms with Gasteiger partial charge in [0, 0.05) is 10.7 Å². The summed E-state index contributed by atoms with van der Waals surface area (Å²) in [5.74, 6) is -0.247. The molecule has 21 heavy (non-hydrogen) atoms. The van der Waals surface area contributed by atoms with Gasteiger partial charge < -0.3 is 15.7 Å². The fourth-order valence-corrected chi connectivity index (χ4v) is 2.05. The Bertz CT molecular complexity index is 615. The molecule has 0 aliphatic rings. The summed E-state index contributed by atoms with van der Waals surface area (Å²) in [6.45, 7) is 1.57. The molecule has 0 saturated heterocycles. The van der Waals surface area contributed by atoms with Gasteiger partial charge in [0.15, 0.2) is 0 Å². The molecule has 0 radical (unpaired) electrons. The molecule has 1 amide bonds. The molecule has 2 rings (SSSR count). The van der Waals surface area contributed by atoms with Gasteiger partial charge in [0.25, 0.3) is 0 Å². The summed E-state index contributed by atoms with van der Waals surface area (Å²) in [5.41, 5.74) is 2.22. The first-order chi connectivity index (χ1) is 10.0. The lowest BCUT2D eigenvalue weighted by atomic mass is 10.2. The Labute approximate surface area is 128 Å². The first-order valence-electron chi connectivity index (χ1n) is 6.64. The lowest BCUT2D eigenvalue weighted by Crippen LogP contribution is -2.18. The van der Waals surface area contributed by atoms with Gasteiger partial charge in [-0.25, -0.2) is 0 Å². The second-order valence-corrected chi connectivity index (χ2v) is 5.22. The highest BCUT2D eigenvalue weighted by atomic mass is 35.5. The minimum absolute atomic E-state index is 0.0490. The van der Waals surface area contributed by atoms with Crippen LogP contribution in [0.15, 0.2) is 48.5 Å². The summed E-state index contributed by atoms with van der Waals surface area (Å²) in [6, 6.07) is 14.8. The van der Waals surface area contributed by atoms with Gasteiger partial charge in [-0.3, -0.25) is 4.79 Å². The maximum Gasteiger partial charge on any atom is 0.227 e. The van der Waals surface area contributed by atoms with Gasteiger partial charge in [-0.2, -0.15) is 0 Å². The third-order valence-corrected chi connectivity index (χ3v) is 3.02. The third kappa shape index (κ3) is 4.77. The number of carbonyl (C=O) groups excluding carboxylic acids is 1. The highest BCUT2D eigenvalue weighted by Crippen LogP contribution is 2.29. The predicted octanol–water partition coefficient (Wildman–Crippen LogP) is 3.79.